The number of ether oxygens (including phenoxy) is 1. The zero-order valence-corrected chi connectivity index (χ0v) is 14.6. The van der Waals surface area contributed by atoms with Crippen LogP contribution in [0.4, 0.5) is 10.6 Å². The number of anilines is 1. The number of rotatable bonds is 4. The maximum Gasteiger partial charge on any atom is 0.413 e. The van der Waals surface area contributed by atoms with Crippen molar-refractivity contribution in [1.29, 1.82) is 0 Å². The van der Waals surface area contributed by atoms with Gasteiger partial charge in [-0.2, -0.15) is 0 Å². The second-order valence-electron chi connectivity index (χ2n) is 6.16. The molecule has 1 aromatic carbocycles. The standard InChI is InChI=1S/C17H20N2O4S/c1-17(2,3)23-16(20)19-15-9-8-12(10-18-15)14-7-5-4-6-13(14)11-24(21)22/h4-10H,11H2,1-3H3,(H,21,22)(H,18,19,20)/p-1. The lowest BCUT2D eigenvalue weighted by atomic mass is 10.0. The highest BCUT2D eigenvalue weighted by molar-refractivity contribution is 7.78. The fraction of sp³-hybridized carbons (Fsp3) is 0.294. The summed E-state index contributed by atoms with van der Waals surface area (Å²) in [5.41, 5.74) is 1.67. The highest BCUT2D eigenvalue weighted by atomic mass is 32.2. The van der Waals surface area contributed by atoms with Gasteiger partial charge < -0.3 is 9.29 Å². The van der Waals surface area contributed by atoms with Crippen LogP contribution < -0.4 is 5.32 Å². The Balaban J connectivity index is 2.15. The molecular formula is C17H19N2O4S-. The van der Waals surface area contributed by atoms with Crippen molar-refractivity contribution in [3.05, 3.63) is 48.2 Å². The molecule has 1 aromatic heterocycles. The predicted octanol–water partition coefficient (Wildman–Crippen LogP) is 3.47. The summed E-state index contributed by atoms with van der Waals surface area (Å²) in [6.45, 7) is 5.33. The largest absolute Gasteiger partial charge is 0.772 e. The van der Waals surface area contributed by atoms with Crippen LogP contribution in [0.2, 0.25) is 0 Å². The highest BCUT2D eigenvalue weighted by Gasteiger charge is 2.16. The third-order valence-corrected chi connectivity index (χ3v) is 3.54. The van der Waals surface area contributed by atoms with Gasteiger partial charge in [0.2, 0.25) is 0 Å². The summed E-state index contributed by atoms with van der Waals surface area (Å²) in [6.07, 6.45) is 1.00. The molecule has 1 heterocycles. The first-order valence-electron chi connectivity index (χ1n) is 7.35. The Labute approximate surface area is 143 Å². The molecule has 1 atom stereocenters. The summed E-state index contributed by atoms with van der Waals surface area (Å²) in [5, 5.41) is 2.55. The Morgan fingerprint density at radius 1 is 1.25 bits per heavy atom. The average Bonchev–Trinajstić information content (AvgIpc) is 2.46. The molecule has 0 saturated heterocycles. The topological polar surface area (TPSA) is 91.3 Å². The van der Waals surface area contributed by atoms with E-state index in [1.807, 2.05) is 12.1 Å². The molecule has 0 radical (unpaired) electrons. The van der Waals surface area contributed by atoms with E-state index in [-0.39, 0.29) is 5.75 Å². The molecule has 0 fully saturated rings. The molecule has 2 rings (SSSR count). The molecule has 0 aliphatic heterocycles. The van der Waals surface area contributed by atoms with Crippen molar-refractivity contribution in [1.82, 2.24) is 4.98 Å². The van der Waals surface area contributed by atoms with Gasteiger partial charge in [-0.1, -0.05) is 35.3 Å². The summed E-state index contributed by atoms with van der Waals surface area (Å²) in [6, 6.07) is 10.6. The quantitative estimate of drug-likeness (QED) is 0.855. The normalized spacial score (nSPS) is 12.5. The van der Waals surface area contributed by atoms with Gasteiger partial charge in [0.1, 0.15) is 11.4 Å². The van der Waals surface area contributed by atoms with Gasteiger partial charge >= 0.3 is 6.09 Å². The molecule has 0 aliphatic rings. The Morgan fingerprint density at radius 2 is 1.96 bits per heavy atom. The molecule has 7 heteroatoms. The first-order valence-corrected chi connectivity index (χ1v) is 8.59. The van der Waals surface area contributed by atoms with Crippen LogP contribution in [0, 0.1) is 0 Å². The number of benzene rings is 1. The minimum atomic E-state index is -2.17. The Bertz CT molecular complexity index is 739. The first kappa shape index (κ1) is 18.1. The van der Waals surface area contributed by atoms with Gasteiger partial charge in [-0.25, -0.2) is 9.78 Å². The van der Waals surface area contributed by atoms with Crippen LogP contribution in [0.3, 0.4) is 0 Å². The average molecular weight is 347 g/mol. The van der Waals surface area contributed by atoms with Gasteiger partial charge in [0.05, 0.1) is 0 Å². The number of amides is 1. The minimum Gasteiger partial charge on any atom is -0.772 e. The second kappa shape index (κ2) is 7.55. The van der Waals surface area contributed by atoms with Crippen molar-refractivity contribution >= 4 is 23.0 Å². The summed E-state index contributed by atoms with van der Waals surface area (Å²) >= 11 is -2.17. The van der Waals surface area contributed by atoms with Gasteiger partial charge in [0.15, 0.2) is 0 Å². The lowest BCUT2D eigenvalue weighted by molar-refractivity contribution is 0.0635. The molecular weight excluding hydrogens is 328 g/mol. The van der Waals surface area contributed by atoms with Crippen LogP contribution in [0.5, 0.6) is 0 Å². The Morgan fingerprint density at radius 3 is 2.54 bits per heavy atom. The molecule has 1 N–H and O–H groups in total. The van der Waals surface area contributed by atoms with Crippen LogP contribution in [0.1, 0.15) is 26.3 Å². The van der Waals surface area contributed by atoms with Crippen molar-refractivity contribution < 1.29 is 18.3 Å². The van der Waals surface area contributed by atoms with E-state index in [2.05, 4.69) is 10.3 Å². The first-order chi connectivity index (χ1) is 11.2. The van der Waals surface area contributed by atoms with Crippen molar-refractivity contribution in [3.8, 4) is 11.1 Å². The fourth-order valence-electron chi connectivity index (χ4n) is 2.09. The summed E-state index contributed by atoms with van der Waals surface area (Å²) in [5.74, 6) is 0.298. The smallest absolute Gasteiger partial charge is 0.413 e. The maximum absolute atomic E-state index is 11.7. The number of hydrogen-bond acceptors (Lipinski definition) is 5. The van der Waals surface area contributed by atoms with E-state index < -0.39 is 22.8 Å². The van der Waals surface area contributed by atoms with E-state index in [0.717, 1.165) is 11.1 Å². The predicted molar refractivity (Wildman–Crippen MR) is 92.2 cm³/mol. The van der Waals surface area contributed by atoms with E-state index in [1.54, 1.807) is 51.2 Å². The van der Waals surface area contributed by atoms with Gasteiger partial charge in [-0.15, -0.1) is 0 Å². The number of carbonyl (C=O) groups excluding carboxylic acids is 1. The van der Waals surface area contributed by atoms with E-state index in [0.29, 0.717) is 11.4 Å². The number of pyridine rings is 1. The number of hydrogen-bond donors (Lipinski definition) is 1. The third-order valence-electron chi connectivity index (χ3n) is 2.99. The molecule has 2 aromatic rings. The van der Waals surface area contributed by atoms with E-state index >= 15 is 0 Å². The maximum atomic E-state index is 11.7. The number of aromatic nitrogens is 1. The Hall–Kier alpha value is -2.25. The molecule has 6 nitrogen and oxygen atoms in total. The highest BCUT2D eigenvalue weighted by Crippen LogP contribution is 2.25. The van der Waals surface area contributed by atoms with Crippen molar-refractivity contribution in [2.75, 3.05) is 5.32 Å². The minimum absolute atomic E-state index is 0.0614. The van der Waals surface area contributed by atoms with Crippen LogP contribution in [0.15, 0.2) is 42.6 Å². The van der Waals surface area contributed by atoms with Crippen LogP contribution in [-0.4, -0.2) is 25.4 Å². The van der Waals surface area contributed by atoms with Crippen LogP contribution in [-0.2, 0) is 21.6 Å². The van der Waals surface area contributed by atoms with Gasteiger partial charge in [-0.05, 0) is 44.0 Å². The number of nitrogens with zero attached hydrogens (tertiary/aromatic N) is 1. The zero-order chi connectivity index (χ0) is 17.7. The third kappa shape index (κ3) is 5.43. The molecule has 0 spiro atoms. The molecule has 24 heavy (non-hydrogen) atoms. The second-order valence-corrected chi connectivity index (χ2v) is 7.06. The zero-order valence-electron chi connectivity index (χ0n) is 13.7. The molecule has 0 aliphatic carbocycles. The van der Waals surface area contributed by atoms with Gasteiger partial charge in [-0.3, -0.25) is 9.53 Å². The van der Waals surface area contributed by atoms with Crippen molar-refractivity contribution in [3.63, 3.8) is 0 Å². The summed E-state index contributed by atoms with van der Waals surface area (Å²) in [4.78, 5) is 15.9. The molecule has 0 bridgehead atoms. The molecule has 1 amide bonds. The molecule has 1 unspecified atom stereocenters. The van der Waals surface area contributed by atoms with E-state index in [4.69, 9.17) is 4.74 Å². The fourth-order valence-corrected chi connectivity index (χ4v) is 2.60. The monoisotopic (exact) mass is 347 g/mol. The summed E-state index contributed by atoms with van der Waals surface area (Å²) in [7, 11) is 0. The van der Waals surface area contributed by atoms with Crippen LogP contribution >= 0.6 is 0 Å². The molecule has 0 saturated carbocycles. The van der Waals surface area contributed by atoms with Crippen LogP contribution in [0.25, 0.3) is 11.1 Å². The lowest BCUT2D eigenvalue weighted by Crippen LogP contribution is -2.27. The Kier molecular flexibility index (Phi) is 5.69. The van der Waals surface area contributed by atoms with Gasteiger partial charge in [0, 0.05) is 17.5 Å². The van der Waals surface area contributed by atoms with Crippen molar-refractivity contribution in [2.24, 2.45) is 0 Å². The van der Waals surface area contributed by atoms with Gasteiger partial charge in [0.25, 0.3) is 0 Å². The summed E-state index contributed by atoms with van der Waals surface area (Å²) < 4.78 is 27.1. The number of nitrogens with one attached hydrogen (secondary N) is 1. The van der Waals surface area contributed by atoms with E-state index in [9.17, 15) is 13.6 Å². The SMILES string of the molecule is CC(C)(C)OC(=O)Nc1ccc(-c2ccccc2CS(=O)[O-])cn1. The lowest BCUT2D eigenvalue weighted by Gasteiger charge is -2.19. The van der Waals surface area contributed by atoms with E-state index in [1.165, 1.54) is 0 Å². The van der Waals surface area contributed by atoms with Crippen molar-refractivity contribution in [2.45, 2.75) is 32.1 Å². The molecule has 128 valence electrons. The number of carbonyl (C=O) groups is 1.